The van der Waals surface area contributed by atoms with E-state index in [-0.39, 0.29) is 35.6 Å². The smallest absolute Gasteiger partial charge is 0.303 e. The molecule has 0 radical (unpaired) electrons. The van der Waals surface area contributed by atoms with E-state index < -0.39 is 5.97 Å². The predicted molar refractivity (Wildman–Crippen MR) is 130 cm³/mol. The summed E-state index contributed by atoms with van der Waals surface area (Å²) in [6.07, 6.45) is 13.3. The van der Waals surface area contributed by atoms with Crippen LogP contribution in [0.15, 0.2) is 0 Å². The van der Waals surface area contributed by atoms with Gasteiger partial charge in [-0.1, -0.05) is 20.8 Å². The van der Waals surface area contributed by atoms with Crippen LogP contribution >= 0.6 is 0 Å². The highest BCUT2D eigenvalue weighted by molar-refractivity contribution is 5.83. The van der Waals surface area contributed by atoms with Gasteiger partial charge in [0.05, 0.1) is 6.10 Å². The van der Waals surface area contributed by atoms with Gasteiger partial charge in [0.1, 0.15) is 5.78 Å². The van der Waals surface area contributed by atoms with Gasteiger partial charge in [-0.2, -0.15) is 0 Å². The summed E-state index contributed by atoms with van der Waals surface area (Å²) in [5.74, 6) is 2.46. The number of carboxylic acids is 1. The first kappa shape index (κ1) is 24.7. The number of ketones is 1. The van der Waals surface area contributed by atoms with Crippen molar-refractivity contribution in [2.45, 2.75) is 117 Å². The van der Waals surface area contributed by atoms with Gasteiger partial charge in [-0.3, -0.25) is 9.59 Å². The van der Waals surface area contributed by atoms with E-state index in [1.54, 1.807) is 0 Å². The van der Waals surface area contributed by atoms with Crippen LogP contribution in [0, 0.1) is 46.3 Å². The van der Waals surface area contributed by atoms with Gasteiger partial charge < -0.3 is 14.6 Å². The molecule has 34 heavy (non-hydrogen) atoms. The number of fused-ring (bicyclic) bond motifs is 5. The molecule has 5 heteroatoms. The van der Waals surface area contributed by atoms with Crippen LogP contribution in [0.3, 0.4) is 0 Å². The number of hydrogen-bond donors (Lipinski definition) is 1. The number of carbonyl (C=O) groups excluding carboxylic acids is 1. The van der Waals surface area contributed by atoms with E-state index >= 15 is 0 Å². The first-order valence-electron chi connectivity index (χ1n) is 14.2. The molecule has 1 N–H and O–H groups in total. The molecule has 0 amide bonds. The standard InChI is InChI=1S/C29H46O5/c1-18(7-10-25(31)32)21-8-9-22-27-23(12-14-29(21,22)3)28(2)13-11-20(16-19(28)17-24(27)30)34-26-6-4-5-15-33-26/h18-23,26-27H,4-17H2,1-3H3,(H,31,32)/t18-,19?,20-,21-,22?,23?,26?,27?,28+,29-/m1/s1. The fourth-order valence-corrected chi connectivity index (χ4v) is 9.58. The molecule has 0 spiro atoms. The Labute approximate surface area is 205 Å². The third kappa shape index (κ3) is 4.27. The summed E-state index contributed by atoms with van der Waals surface area (Å²) in [7, 11) is 0. The average molecular weight is 475 g/mol. The highest BCUT2D eigenvalue weighted by Gasteiger charge is 2.63. The number of aliphatic carboxylic acids is 1. The van der Waals surface area contributed by atoms with Gasteiger partial charge >= 0.3 is 5.97 Å². The maximum atomic E-state index is 13.8. The van der Waals surface area contributed by atoms with Crippen LogP contribution in [0.25, 0.3) is 0 Å². The van der Waals surface area contributed by atoms with Gasteiger partial charge in [0, 0.05) is 25.4 Å². The van der Waals surface area contributed by atoms with Crippen molar-refractivity contribution in [3.63, 3.8) is 0 Å². The van der Waals surface area contributed by atoms with E-state index in [4.69, 9.17) is 9.47 Å². The fraction of sp³-hybridized carbons (Fsp3) is 0.931. The van der Waals surface area contributed by atoms with Gasteiger partial charge in [-0.15, -0.1) is 0 Å². The number of Topliss-reactive ketones (excluding diaryl/α,β-unsaturated/α-hetero) is 1. The summed E-state index contributed by atoms with van der Waals surface area (Å²) in [4.78, 5) is 24.9. The normalized spacial score (nSPS) is 47.4. The maximum Gasteiger partial charge on any atom is 0.303 e. The van der Waals surface area contributed by atoms with Gasteiger partial charge in [-0.25, -0.2) is 0 Å². The average Bonchev–Trinajstić information content (AvgIpc) is 3.16. The number of carbonyl (C=O) groups is 2. The molecular weight excluding hydrogens is 428 g/mol. The zero-order valence-electron chi connectivity index (χ0n) is 21.6. The van der Waals surface area contributed by atoms with Crippen molar-refractivity contribution >= 4 is 11.8 Å². The monoisotopic (exact) mass is 474 g/mol. The number of carboxylic acid groups (broad SMARTS) is 1. The Hall–Kier alpha value is -0.940. The molecule has 5 rings (SSSR count). The van der Waals surface area contributed by atoms with Crippen LogP contribution < -0.4 is 0 Å². The molecule has 5 aliphatic rings. The van der Waals surface area contributed by atoms with Crippen LogP contribution in [0.1, 0.15) is 104 Å². The second-order valence-electron chi connectivity index (χ2n) is 13.1. The molecule has 5 fully saturated rings. The lowest BCUT2D eigenvalue weighted by molar-refractivity contribution is -0.211. The van der Waals surface area contributed by atoms with Crippen LogP contribution in [-0.4, -0.2) is 35.9 Å². The van der Waals surface area contributed by atoms with Gasteiger partial charge in [0.25, 0.3) is 0 Å². The summed E-state index contributed by atoms with van der Waals surface area (Å²) in [6, 6.07) is 0. The Balaban J connectivity index is 1.28. The van der Waals surface area contributed by atoms with E-state index in [0.717, 1.165) is 64.4 Å². The molecule has 4 aliphatic carbocycles. The Bertz CT molecular complexity index is 774. The van der Waals surface area contributed by atoms with Gasteiger partial charge in [-0.05, 0) is 111 Å². The van der Waals surface area contributed by atoms with E-state index in [0.29, 0.717) is 35.4 Å². The van der Waals surface area contributed by atoms with Crippen molar-refractivity contribution in [2.24, 2.45) is 46.3 Å². The summed E-state index contributed by atoms with van der Waals surface area (Å²) < 4.78 is 12.2. The number of rotatable bonds is 6. The van der Waals surface area contributed by atoms with Crippen LogP contribution in [-0.2, 0) is 19.1 Å². The molecule has 4 saturated carbocycles. The zero-order chi connectivity index (χ0) is 24.1. The minimum Gasteiger partial charge on any atom is -0.481 e. The Morgan fingerprint density at radius 1 is 1.09 bits per heavy atom. The third-order valence-electron chi connectivity index (χ3n) is 11.5. The molecule has 1 aliphatic heterocycles. The largest absolute Gasteiger partial charge is 0.481 e. The zero-order valence-corrected chi connectivity index (χ0v) is 21.6. The van der Waals surface area contributed by atoms with E-state index in [1.807, 2.05) is 0 Å². The SMILES string of the molecule is C[C@H](CCC(=O)O)[C@H]1CCC2C3C(=O)CC4C[C@H](OC5CCCCO5)CC[C@]4(C)C3CC[C@@]21C. The molecule has 5 unspecified atom stereocenters. The van der Waals surface area contributed by atoms with Crippen LogP contribution in [0.2, 0.25) is 0 Å². The highest BCUT2D eigenvalue weighted by atomic mass is 16.7. The lowest BCUT2D eigenvalue weighted by atomic mass is 9.44. The fourth-order valence-electron chi connectivity index (χ4n) is 9.58. The Morgan fingerprint density at radius 2 is 1.85 bits per heavy atom. The second kappa shape index (κ2) is 9.50. The molecule has 5 nitrogen and oxygen atoms in total. The van der Waals surface area contributed by atoms with Crippen LogP contribution in [0.4, 0.5) is 0 Å². The van der Waals surface area contributed by atoms with Crippen molar-refractivity contribution < 1.29 is 24.2 Å². The van der Waals surface area contributed by atoms with Gasteiger partial charge in [0.2, 0.25) is 0 Å². The lowest BCUT2D eigenvalue weighted by Crippen LogP contribution is -2.57. The third-order valence-corrected chi connectivity index (χ3v) is 11.5. The lowest BCUT2D eigenvalue weighted by Gasteiger charge is -2.60. The predicted octanol–water partition coefficient (Wildman–Crippen LogP) is 6.24. The van der Waals surface area contributed by atoms with Crippen molar-refractivity contribution in [3.8, 4) is 0 Å². The highest BCUT2D eigenvalue weighted by Crippen LogP contribution is 2.67. The molecule has 10 atom stereocenters. The minimum atomic E-state index is -0.689. The number of ether oxygens (including phenoxy) is 2. The van der Waals surface area contributed by atoms with Crippen molar-refractivity contribution in [1.29, 1.82) is 0 Å². The van der Waals surface area contributed by atoms with E-state index in [2.05, 4.69) is 20.8 Å². The molecule has 0 aromatic carbocycles. The number of hydrogen-bond acceptors (Lipinski definition) is 4. The summed E-state index contributed by atoms with van der Waals surface area (Å²) in [5.41, 5.74) is 0.441. The molecule has 1 heterocycles. The minimum absolute atomic E-state index is 0.0379. The quantitative estimate of drug-likeness (QED) is 0.462. The topological polar surface area (TPSA) is 72.8 Å². The molecular formula is C29H46O5. The first-order valence-corrected chi connectivity index (χ1v) is 14.2. The first-order chi connectivity index (χ1) is 16.2. The van der Waals surface area contributed by atoms with Crippen molar-refractivity contribution in [2.75, 3.05) is 6.61 Å². The summed E-state index contributed by atoms with van der Waals surface area (Å²) >= 11 is 0. The molecule has 0 bridgehead atoms. The molecule has 0 aromatic rings. The maximum absolute atomic E-state index is 13.8. The van der Waals surface area contributed by atoms with Crippen LogP contribution in [0.5, 0.6) is 0 Å². The molecule has 0 aromatic heterocycles. The second-order valence-corrected chi connectivity index (χ2v) is 13.1. The summed E-state index contributed by atoms with van der Waals surface area (Å²) in [6.45, 7) is 8.01. The van der Waals surface area contributed by atoms with Gasteiger partial charge in [0.15, 0.2) is 6.29 Å². The summed E-state index contributed by atoms with van der Waals surface area (Å²) in [5, 5.41) is 9.18. The van der Waals surface area contributed by atoms with E-state index in [1.165, 1.54) is 19.3 Å². The molecule has 192 valence electrons. The Kier molecular flexibility index (Phi) is 6.91. The van der Waals surface area contributed by atoms with Crippen molar-refractivity contribution in [3.05, 3.63) is 0 Å². The van der Waals surface area contributed by atoms with Crippen molar-refractivity contribution in [1.82, 2.24) is 0 Å². The van der Waals surface area contributed by atoms with E-state index in [9.17, 15) is 14.7 Å². The molecule has 1 saturated heterocycles. The Morgan fingerprint density at radius 3 is 2.59 bits per heavy atom.